The second-order valence-electron chi connectivity index (χ2n) is 13.7. The van der Waals surface area contributed by atoms with Crippen LogP contribution in [0.4, 0.5) is 17.6 Å². The number of H-pyrrole nitrogens is 1. The summed E-state index contributed by atoms with van der Waals surface area (Å²) >= 11 is 1.29. The van der Waals surface area contributed by atoms with Gasteiger partial charge in [0.2, 0.25) is 0 Å². The largest absolute Gasteiger partial charge is 0.461 e. The standard InChI is InChI=1S/C34H35F4N7O3S/c1-3-5-20-23(34(36,37)38)10-24-22(14-40-44-24)25(20)28-29-21(6-8-39-28)26-27(18-11-32(2,46)16-48-41-13-18)42-31(43-30(26)49-29)47-17-33-7-4-9-45(33)15-19(35)12-33/h3,5-6,8,10,14,18-19,41,46H,4,7,9,11-13,15-17H2,1-2H3,(H,40,44)/b5-3-/t18?,19-,32+,33+/m1/s1. The summed E-state index contributed by atoms with van der Waals surface area (Å²) in [7, 11) is 0. The lowest BCUT2D eigenvalue weighted by atomic mass is 9.88. The topological polar surface area (TPSA) is 121 Å². The summed E-state index contributed by atoms with van der Waals surface area (Å²) in [4.78, 5) is 22.7. The third kappa shape index (κ3) is 5.65. The van der Waals surface area contributed by atoms with Gasteiger partial charge in [0.05, 0.1) is 51.1 Å². The van der Waals surface area contributed by atoms with Crippen molar-refractivity contribution in [3.63, 3.8) is 0 Å². The summed E-state index contributed by atoms with van der Waals surface area (Å²) < 4.78 is 65.0. The van der Waals surface area contributed by atoms with Crippen LogP contribution in [-0.2, 0) is 11.0 Å². The lowest BCUT2D eigenvalue weighted by Gasteiger charge is -2.31. The van der Waals surface area contributed by atoms with Crippen molar-refractivity contribution < 1.29 is 32.2 Å². The van der Waals surface area contributed by atoms with Crippen molar-refractivity contribution >= 4 is 48.6 Å². The number of hydrogen-bond donors (Lipinski definition) is 3. The van der Waals surface area contributed by atoms with Crippen LogP contribution >= 0.6 is 11.3 Å². The predicted octanol–water partition coefficient (Wildman–Crippen LogP) is 6.55. The maximum atomic E-state index is 14.5. The summed E-state index contributed by atoms with van der Waals surface area (Å²) in [6.07, 6.45) is 3.05. The van der Waals surface area contributed by atoms with Gasteiger partial charge < -0.3 is 9.84 Å². The Morgan fingerprint density at radius 1 is 1.24 bits per heavy atom. The van der Waals surface area contributed by atoms with Crippen molar-refractivity contribution in [1.29, 1.82) is 0 Å². The van der Waals surface area contributed by atoms with Crippen molar-refractivity contribution in [2.24, 2.45) is 0 Å². The number of hydroxylamine groups is 1. The molecule has 0 spiro atoms. The maximum absolute atomic E-state index is 14.5. The number of fused-ring (bicyclic) bond motifs is 5. The van der Waals surface area contributed by atoms with Crippen LogP contribution in [0.2, 0.25) is 0 Å². The van der Waals surface area contributed by atoms with Crippen LogP contribution in [0.1, 0.15) is 62.3 Å². The van der Waals surface area contributed by atoms with Crippen LogP contribution in [0.5, 0.6) is 6.01 Å². The number of allylic oxidation sites excluding steroid dienone is 1. The molecule has 7 heterocycles. The highest BCUT2D eigenvalue weighted by molar-refractivity contribution is 7.26. The molecule has 0 aliphatic carbocycles. The molecule has 3 fully saturated rings. The van der Waals surface area contributed by atoms with Crippen molar-refractivity contribution in [2.75, 3.05) is 32.8 Å². The minimum Gasteiger partial charge on any atom is -0.461 e. The molecule has 0 saturated carbocycles. The van der Waals surface area contributed by atoms with Gasteiger partial charge in [-0.2, -0.15) is 28.2 Å². The smallest absolute Gasteiger partial charge is 0.417 e. The number of alkyl halides is 4. The van der Waals surface area contributed by atoms with E-state index in [0.717, 1.165) is 25.5 Å². The van der Waals surface area contributed by atoms with Gasteiger partial charge in [0.1, 0.15) is 17.6 Å². The number of rotatable bonds is 6. The van der Waals surface area contributed by atoms with Gasteiger partial charge in [0.25, 0.3) is 0 Å². The molecule has 49 heavy (non-hydrogen) atoms. The summed E-state index contributed by atoms with van der Waals surface area (Å²) in [6, 6.07) is 3.02. The lowest BCUT2D eigenvalue weighted by molar-refractivity contribution is -0.137. The van der Waals surface area contributed by atoms with E-state index in [1.54, 1.807) is 26.1 Å². The molecule has 1 aromatic carbocycles. The summed E-state index contributed by atoms with van der Waals surface area (Å²) in [5.74, 6) is -0.338. The number of aromatic amines is 1. The molecular weight excluding hydrogens is 662 g/mol. The van der Waals surface area contributed by atoms with E-state index in [1.807, 2.05) is 6.07 Å². The Bertz CT molecular complexity index is 2100. The number of aromatic nitrogens is 5. The van der Waals surface area contributed by atoms with Crippen molar-refractivity contribution in [3.05, 3.63) is 47.4 Å². The Hall–Kier alpha value is -3.76. The molecule has 15 heteroatoms. The zero-order chi connectivity index (χ0) is 34.1. The van der Waals surface area contributed by atoms with Gasteiger partial charge >= 0.3 is 12.2 Å². The average Bonchev–Trinajstić information content (AvgIpc) is 3.80. The minimum atomic E-state index is -4.64. The second kappa shape index (κ2) is 11.9. The van der Waals surface area contributed by atoms with Crippen molar-refractivity contribution in [3.8, 4) is 17.3 Å². The number of halogens is 4. The normalized spacial score (nSPS) is 26.8. The summed E-state index contributed by atoms with van der Waals surface area (Å²) in [5, 5.41) is 19.8. The van der Waals surface area contributed by atoms with Gasteiger partial charge in [0.15, 0.2) is 0 Å². The second-order valence-corrected chi connectivity index (χ2v) is 14.6. The van der Waals surface area contributed by atoms with Crippen LogP contribution < -0.4 is 10.2 Å². The molecule has 3 saturated heterocycles. The van der Waals surface area contributed by atoms with Crippen molar-refractivity contribution in [1.82, 2.24) is 35.5 Å². The first kappa shape index (κ1) is 32.4. The van der Waals surface area contributed by atoms with Crippen LogP contribution in [0, 0.1) is 0 Å². The van der Waals surface area contributed by atoms with E-state index in [-0.39, 0.29) is 36.2 Å². The molecule has 3 N–H and O–H groups in total. The van der Waals surface area contributed by atoms with E-state index < -0.39 is 29.1 Å². The fraction of sp³-hybridized carbons (Fsp3) is 0.471. The van der Waals surface area contributed by atoms with E-state index >= 15 is 0 Å². The first-order chi connectivity index (χ1) is 23.5. The number of benzene rings is 1. The first-order valence-corrected chi connectivity index (χ1v) is 17.2. The number of ether oxygens (including phenoxy) is 1. The Kier molecular flexibility index (Phi) is 7.90. The van der Waals surface area contributed by atoms with E-state index in [9.17, 15) is 22.7 Å². The Morgan fingerprint density at radius 3 is 2.92 bits per heavy atom. The van der Waals surface area contributed by atoms with E-state index in [1.165, 1.54) is 23.6 Å². The minimum absolute atomic E-state index is 0.0130. The zero-order valence-electron chi connectivity index (χ0n) is 26.9. The number of pyridine rings is 1. The van der Waals surface area contributed by atoms with Gasteiger partial charge in [-0.15, -0.1) is 11.3 Å². The van der Waals surface area contributed by atoms with Crippen LogP contribution in [0.15, 0.2) is 30.6 Å². The molecule has 0 amide bonds. The van der Waals surface area contributed by atoms with Crippen LogP contribution in [0.25, 0.3) is 48.5 Å². The number of nitrogens with zero attached hydrogens (tertiary/aromatic N) is 5. The molecule has 4 atom stereocenters. The van der Waals surface area contributed by atoms with Crippen LogP contribution in [-0.4, -0.2) is 85.3 Å². The van der Waals surface area contributed by atoms with Gasteiger partial charge in [-0.3, -0.25) is 19.8 Å². The number of aliphatic hydroxyl groups is 1. The van der Waals surface area contributed by atoms with Crippen molar-refractivity contribution in [2.45, 2.75) is 68.9 Å². The molecule has 8 rings (SSSR count). The summed E-state index contributed by atoms with van der Waals surface area (Å²) in [6.45, 7) is 5.22. The summed E-state index contributed by atoms with van der Waals surface area (Å²) in [5.41, 5.74) is 2.05. The molecule has 0 bridgehead atoms. The molecule has 5 aromatic rings. The molecule has 10 nitrogen and oxygen atoms in total. The fourth-order valence-corrected chi connectivity index (χ4v) is 9.12. The van der Waals surface area contributed by atoms with E-state index in [4.69, 9.17) is 19.5 Å². The van der Waals surface area contributed by atoms with E-state index in [2.05, 4.69) is 25.6 Å². The molecular formula is C34H35F4N7O3S. The monoisotopic (exact) mass is 697 g/mol. The van der Waals surface area contributed by atoms with Gasteiger partial charge in [0, 0.05) is 53.3 Å². The molecule has 3 aliphatic heterocycles. The SMILES string of the molecule is C/C=C\c1c(C(F)(F)F)cc2[nH]ncc2c1-c1nccc2c1sc1nc(OC[C@@]34CCCN3C[C@H](F)C4)nc(C3CNOC[C@@](C)(O)C3)c12. The van der Waals surface area contributed by atoms with Gasteiger partial charge in [-0.05, 0) is 57.4 Å². The van der Waals surface area contributed by atoms with Gasteiger partial charge in [-0.1, -0.05) is 12.2 Å². The number of hydrogen-bond acceptors (Lipinski definition) is 10. The van der Waals surface area contributed by atoms with Gasteiger partial charge in [-0.25, -0.2) is 9.87 Å². The Balaban J connectivity index is 1.33. The predicted molar refractivity (Wildman–Crippen MR) is 178 cm³/mol. The highest BCUT2D eigenvalue weighted by Gasteiger charge is 2.49. The number of thiophene rings is 1. The Morgan fingerprint density at radius 2 is 2.10 bits per heavy atom. The van der Waals surface area contributed by atoms with E-state index in [0.29, 0.717) is 68.6 Å². The Labute approximate surface area is 282 Å². The molecule has 3 aliphatic rings. The quantitative estimate of drug-likeness (QED) is 0.170. The molecule has 0 radical (unpaired) electrons. The molecule has 1 unspecified atom stereocenters. The third-order valence-electron chi connectivity index (χ3n) is 10.0. The fourth-order valence-electron chi connectivity index (χ4n) is 7.95. The first-order valence-electron chi connectivity index (χ1n) is 16.3. The lowest BCUT2D eigenvalue weighted by Crippen LogP contribution is -2.43. The maximum Gasteiger partial charge on any atom is 0.417 e. The van der Waals surface area contributed by atoms with Crippen LogP contribution in [0.3, 0.4) is 0 Å². The highest BCUT2D eigenvalue weighted by atomic mass is 32.1. The zero-order valence-corrected chi connectivity index (χ0v) is 27.7. The third-order valence-corrected chi connectivity index (χ3v) is 11.1. The average molecular weight is 698 g/mol. The molecule has 258 valence electrons. The molecule has 4 aromatic heterocycles. The highest BCUT2D eigenvalue weighted by Crippen LogP contribution is 2.47. The number of nitrogens with one attached hydrogen (secondary N) is 2.